The van der Waals surface area contributed by atoms with Crippen LogP contribution < -0.4 is 4.90 Å². The van der Waals surface area contributed by atoms with E-state index in [2.05, 4.69) is 0 Å². The summed E-state index contributed by atoms with van der Waals surface area (Å²) in [4.78, 5) is 27.4. The van der Waals surface area contributed by atoms with E-state index in [4.69, 9.17) is 0 Å². The molecule has 0 spiro atoms. The maximum atomic E-state index is 12.3. The second kappa shape index (κ2) is 8.13. The second-order valence-corrected chi connectivity index (χ2v) is 5.49. The van der Waals surface area contributed by atoms with Crippen molar-refractivity contribution in [3.63, 3.8) is 0 Å². The van der Waals surface area contributed by atoms with Crippen LogP contribution in [-0.4, -0.2) is 30.3 Å². The minimum Gasteiger partial charge on any atom is -0.341 e. The van der Waals surface area contributed by atoms with Gasteiger partial charge in [0.2, 0.25) is 11.8 Å². The van der Waals surface area contributed by atoms with Crippen molar-refractivity contribution in [3.8, 4) is 0 Å². The Kier molecular flexibility index (Phi) is 5.92. The molecule has 0 aliphatic rings. The number of nitrogens with zero attached hydrogens (tertiary/aromatic N) is 2. The third-order valence-corrected chi connectivity index (χ3v) is 3.69. The molecule has 0 unspecified atom stereocenters. The van der Waals surface area contributed by atoms with E-state index in [-0.39, 0.29) is 11.8 Å². The summed E-state index contributed by atoms with van der Waals surface area (Å²) in [6.07, 6.45) is 0.303. The molecule has 2 rings (SSSR count). The van der Waals surface area contributed by atoms with Gasteiger partial charge in [0, 0.05) is 39.2 Å². The van der Waals surface area contributed by atoms with Gasteiger partial charge in [-0.2, -0.15) is 0 Å². The van der Waals surface area contributed by atoms with E-state index in [9.17, 15) is 9.59 Å². The van der Waals surface area contributed by atoms with Gasteiger partial charge in [0.25, 0.3) is 0 Å². The number of carbonyl (C=O) groups excluding carboxylic acids is 2. The fourth-order valence-corrected chi connectivity index (χ4v) is 2.42. The first-order chi connectivity index (χ1) is 11.1. The Labute approximate surface area is 137 Å². The van der Waals surface area contributed by atoms with Crippen LogP contribution in [0.1, 0.15) is 18.9 Å². The van der Waals surface area contributed by atoms with Crippen LogP contribution in [0.4, 0.5) is 5.69 Å². The van der Waals surface area contributed by atoms with E-state index in [1.165, 1.54) is 6.92 Å². The van der Waals surface area contributed by atoms with E-state index < -0.39 is 0 Å². The van der Waals surface area contributed by atoms with Crippen molar-refractivity contribution in [1.82, 2.24) is 4.90 Å². The third kappa shape index (κ3) is 4.95. The summed E-state index contributed by atoms with van der Waals surface area (Å²) in [5.41, 5.74) is 1.91. The molecular formula is C19H22N2O2. The fraction of sp³-hybridized carbons (Fsp3) is 0.263. The molecule has 0 fully saturated rings. The summed E-state index contributed by atoms with van der Waals surface area (Å²) in [5.74, 6) is -0.0363. The number of para-hydroxylation sites is 1. The lowest BCUT2D eigenvalue weighted by molar-refractivity contribution is -0.130. The minimum absolute atomic E-state index is 0.0241. The molecule has 0 aromatic heterocycles. The summed E-state index contributed by atoms with van der Waals surface area (Å²) in [6.45, 7) is 2.48. The van der Waals surface area contributed by atoms with Gasteiger partial charge in [0.15, 0.2) is 0 Å². The summed E-state index contributed by atoms with van der Waals surface area (Å²) in [7, 11) is 1.79. The molecule has 0 aliphatic heterocycles. The van der Waals surface area contributed by atoms with Crippen LogP contribution in [0.25, 0.3) is 0 Å². The van der Waals surface area contributed by atoms with E-state index in [1.54, 1.807) is 16.8 Å². The number of hydrogen-bond acceptors (Lipinski definition) is 2. The number of benzene rings is 2. The molecule has 0 radical (unpaired) electrons. The molecule has 2 amide bonds. The maximum absolute atomic E-state index is 12.3. The van der Waals surface area contributed by atoms with Crippen molar-refractivity contribution >= 4 is 17.5 Å². The topological polar surface area (TPSA) is 40.6 Å². The molecule has 0 atom stereocenters. The Balaban J connectivity index is 1.92. The number of rotatable bonds is 6. The zero-order chi connectivity index (χ0) is 16.7. The number of carbonyl (C=O) groups is 2. The van der Waals surface area contributed by atoms with E-state index in [0.717, 1.165) is 11.3 Å². The van der Waals surface area contributed by atoms with Gasteiger partial charge in [-0.25, -0.2) is 0 Å². The Hall–Kier alpha value is -2.62. The van der Waals surface area contributed by atoms with Crippen molar-refractivity contribution in [2.24, 2.45) is 0 Å². The largest absolute Gasteiger partial charge is 0.341 e. The molecule has 4 nitrogen and oxygen atoms in total. The second-order valence-electron chi connectivity index (χ2n) is 5.49. The molecule has 120 valence electrons. The standard InChI is InChI=1S/C19H22N2O2/c1-16(22)21(18-11-7-4-8-12-18)14-13-19(23)20(2)15-17-9-5-3-6-10-17/h3-12H,13-15H2,1-2H3. The van der Waals surface area contributed by atoms with Crippen molar-refractivity contribution in [2.75, 3.05) is 18.5 Å². The Morgan fingerprint density at radius 2 is 1.48 bits per heavy atom. The van der Waals surface area contributed by atoms with Gasteiger partial charge in [0.1, 0.15) is 0 Å². The van der Waals surface area contributed by atoms with Crippen LogP contribution in [-0.2, 0) is 16.1 Å². The lowest BCUT2D eigenvalue weighted by atomic mass is 10.2. The first-order valence-electron chi connectivity index (χ1n) is 7.69. The van der Waals surface area contributed by atoms with Gasteiger partial charge in [-0.05, 0) is 17.7 Å². The highest BCUT2D eigenvalue weighted by atomic mass is 16.2. The first kappa shape index (κ1) is 16.7. The minimum atomic E-state index is -0.0605. The highest BCUT2D eigenvalue weighted by molar-refractivity contribution is 5.92. The highest BCUT2D eigenvalue weighted by Gasteiger charge is 2.15. The normalized spacial score (nSPS) is 10.2. The van der Waals surface area contributed by atoms with Crippen LogP contribution >= 0.6 is 0 Å². The third-order valence-electron chi connectivity index (χ3n) is 3.69. The predicted molar refractivity (Wildman–Crippen MR) is 92.0 cm³/mol. The molecule has 0 N–H and O–H groups in total. The van der Waals surface area contributed by atoms with Crippen LogP contribution in [0.5, 0.6) is 0 Å². The van der Waals surface area contributed by atoms with Crippen molar-refractivity contribution in [3.05, 3.63) is 66.2 Å². The van der Waals surface area contributed by atoms with Gasteiger partial charge in [-0.3, -0.25) is 9.59 Å². The van der Waals surface area contributed by atoms with Gasteiger partial charge < -0.3 is 9.80 Å². The molecule has 0 aliphatic carbocycles. The highest BCUT2D eigenvalue weighted by Crippen LogP contribution is 2.14. The van der Waals surface area contributed by atoms with Crippen molar-refractivity contribution in [1.29, 1.82) is 0 Å². The van der Waals surface area contributed by atoms with E-state index in [0.29, 0.717) is 19.5 Å². The molecule has 23 heavy (non-hydrogen) atoms. The maximum Gasteiger partial charge on any atom is 0.224 e. The lowest BCUT2D eigenvalue weighted by Gasteiger charge is -2.23. The van der Waals surface area contributed by atoms with Crippen molar-refractivity contribution in [2.45, 2.75) is 19.9 Å². The zero-order valence-electron chi connectivity index (χ0n) is 13.6. The Bertz CT molecular complexity index is 641. The van der Waals surface area contributed by atoms with Crippen LogP contribution in [0.2, 0.25) is 0 Å². The zero-order valence-corrected chi connectivity index (χ0v) is 13.6. The first-order valence-corrected chi connectivity index (χ1v) is 7.69. The summed E-state index contributed by atoms with van der Waals surface area (Å²) < 4.78 is 0. The van der Waals surface area contributed by atoms with Crippen molar-refractivity contribution < 1.29 is 9.59 Å². The number of amides is 2. The quantitative estimate of drug-likeness (QED) is 0.822. The number of hydrogen-bond donors (Lipinski definition) is 0. The molecular weight excluding hydrogens is 288 g/mol. The van der Waals surface area contributed by atoms with E-state index in [1.807, 2.05) is 60.7 Å². The monoisotopic (exact) mass is 310 g/mol. The average Bonchev–Trinajstić information content (AvgIpc) is 2.56. The summed E-state index contributed by atoms with van der Waals surface area (Å²) >= 11 is 0. The van der Waals surface area contributed by atoms with Gasteiger partial charge in [-0.1, -0.05) is 48.5 Å². The Morgan fingerprint density at radius 3 is 2.04 bits per heavy atom. The summed E-state index contributed by atoms with van der Waals surface area (Å²) in [6, 6.07) is 19.3. The van der Waals surface area contributed by atoms with Crippen LogP contribution in [0.15, 0.2) is 60.7 Å². The molecule has 0 saturated heterocycles. The average molecular weight is 310 g/mol. The molecule has 0 saturated carbocycles. The Morgan fingerprint density at radius 1 is 0.913 bits per heavy atom. The fourth-order valence-electron chi connectivity index (χ4n) is 2.42. The molecule has 4 heteroatoms. The summed E-state index contributed by atoms with van der Waals surface area (Å²) in [5, 5.41) is 0. The van der Waals surface area contributed by atoms with Crippen LogP contribution in [0, 0.1) is 0 Å². The smallest absolute Gasteiger partial charge is 0.224 e. The molecule has 2 aromatic carbocycles. The molecule has 0 bridgehead atoms. The number of anilines is 1. The molecule has 2 aromatic rings. The SMILES string of the molecule is CC(=O)N(CCC(=O)N(C)Cc1ccccc1)c1ccccc1. The van der Waals surface area contributed by atoms with E-state index >= 15 is 0 Å². The predicted octanol–water partition coefficient (Wildman–Crippen LogP) is 3.09. The van der Waals surface area contributed by atoms with Gasteiger partial charge in [0.05, 0.1) is 0 Å². The van der Waals surface area contributed by atoms with Crippen LogP contribution in [0.3, 0.4) is 0 Å². The lowest BCUT2D eigenvalue weighted by Crippen LogP contribution is -2.34. The van der Waals surface area contributed by atoms with Gasteiger partial charge in [-0.15, -0.1) is 0 Å². The molecule has 0 heterocycles. The van der Waals surface area contributed by atoms with Gasteiger partial charge >= 0.3 is 0 Å².